The molecule has 1 aliphatic carbocycles. The number of rotatable bonds is 9. The average Bonchev–Trinajstić information content (AvgIpc) is 2.81. The molecule has 2 aromatic carbocycles. The van der Waals surface area contributed by atoms with Crippen molar-refractivity contribution in [3.8, 4) is 5.75 Å². The van der Waals surface area contributed by atoms with Crippen LogP contribution < -0.4 is 10.1 Å². The van der Waals surface area contributed by atoms with E-state index in [4.69, 9.17) is 4.74 Å². The number of ether oxygens (including phenoxy) is 1. The molecular weight excluding hydrogens is 480 g/mol. The van der Waals surface area contributed by atoms with E-state index in [0.717, 1.165) is 47.7 Å². The molecule has 0 aliphatic heterocycles. The quantitative estimate of drug-likeness (QED) is 0.476. The molecule has 2 amide bonds. The minimum absolute atomic E-state index is 0.101. The summed E-state index contributed by atoms with van der Waals surface area (Å²) >= 11 is 3.53. The molecule has 1 aliphatic rings. The van der Waals surface area contributed by atoms with Crippen LogP contribution in [0.25, 0.3) is 0 Å². The van der Waals surface area contributed by atoms with Gasteiger partial charge >= 0.3 is 0 Å². The van der Waals surface area contributed by atoms with Crippen molar-refractivity contribution in [2.45, 2.75) is 77.9 Å². The standard InChI is InChI=1S/C27H35BrN2O3/c1-4-21-13-14-25(24(28)16-21)33-18-26(31)30(17-22-10-8-9-19(2)15-22)20(3)27(32)29-23-11-6-5-7-12-23/h8-10,13-16,20,23H,4-7,11-12,17-18H2,1-3H3,(H,29,32)/t20-/m0/s1. The zero-order valence-corrected chi connectivity index (χ0v) is 21.5. The van der Waals surface area contributed by atoms with E-state index in [9.17, 15) is 9.59 Å². The molecule has 1 fully saturated rings. The van der Waals surface area contributed by atoms with Gasteiger partial charge in [-0.2, -0.15) is 0 Å². The van der Waals surface area contributed by atoms with Gasteiger partial charge in [-0.3, -0.25) is 9.59 Å². The number of nitrogens with one attached hydrogen (secondary N) is 1. The van der Waals surface area contributed by atoms with Gasteiger partial charge < -0.3 is 15.0 Å². The molecule has 0 heterocycles. The Morgan fingerprint density at radius 1 is 1.12 bits per heavy atom. The van der Waals surface area contributed by atoms with Crippen molar-refractivity contribution in [3.63, 3.8) is 0 Å². The number of hydrogen-bond donors (Lipinski definition) is 1. The zero-order valence-electron chi connectivity index (χ0n) is 19.9. The Balaban J connectivity index is 1.72. The highest BCUT2D eigenvalue weighted by molar-refractivity contribution is 9.10. The van der Waals surface area contributed by atoms with Crippen LogP contribution in [0, 0.1) is 6.92 Å². The molecular formula is C27H35BrN2O3. The van der Waals surface area contributed by atoms with E-state index in [1.165, 1.54) is 12.0 Å². The van der Waals surface area contributed by atoms with E-state index in [1.807, 2.05) is 49.4 Å². The fraction of sp³-hybridized carbons (Fsp3) is 0.481. The van der Waals surface area contributed by atoms with Gasteiger partial charge in [-0.1, -0.05) is 62.1 Å². The third kappa shape index (κ3) is 7.32. The molecule has 0 spiro atoms. The second-order valence-electron chi connectivity index (χ2n) is 8.94. The predicted octanol–water partition coefficient (Wildman–Crippen LogP) is 5.56. The van der Waals surface area contributed by atoms with E-state index in [2.05, 4.69) is 28.2 Å². The molecule has 5 nitrogen and oxygen atoms in total. The topological polar surface area (TPSA) is 58.6 Å². The summed E-state index contributed by atoms with van der Waals surface area (Å²) in [5.41, 5.74) is 3.30. The zero-order chi connectivity index (χ0) is 23.8. The number of aryl methyl sites for hydroxylation is 2. The molecule has 3 rings (SSSR count). The van der Waals surface area contributed by atoms with Crippen molar-refractivity contribution >= 4 is 27.7 Å². The number of halogens is 1. The number of nitrogens with zero attached hydrogens (tertiary/aromatic N) is 1. The summed E-state index contributed by atoms with van der Waals surface area (Å²) in [7, 11) is 0. The molecule has 0 radical (unpaired) electrons. The SMILES string of the molecule is CCc1ccc(OCC(=O)N(Cc2cccc(C)c2)[C@@H](C)C(=O)NC2CCCCC2)c(Br)c1. The van der Waals surface area contributed by atoms with E-state index < -0.39 is 6.04 Å². The summed E-state index contributed by atoms with van der Waals surface area (Å²) in [6.07, 6.45) is 6.46. The Kier molecular flexibility index (Phi) is 9.36. The van der Waals surface area contributed by atoms with Gasteiger partial charge in [0, 0.05) is 12.6 Å². The third-order valence-electron chi connectivity index (χ3n) is 6.31. The number of hydrogen-bond acceptors (Lipinski definition) is 3. The monoisotopic (exact) mass is 514 g/mol. The van der Waals surface area contributed by atoms with Gasteiger partial charge in [-0.05, 0) is 72.3 Å². The molecule has 1 saturated carbocycles. The molecule has 1 atom stereocenters. The van der Waals surface area contributed by atoms with Crippen molar-refractivity contribution in [1.82, 2.24) is 10.2 Å². The number of carbonyl (C=O) groups excluding carboxylic acids is 2. The van der Waals surface area contributed by atoms with Crippen molar-refractivity contribution < 1.29 is 14.3 Å². The third-order valence-corrected chi connectivity index (χ3v) is 6.93. The van der Waals surface area contributed by atoms with Gasteiger partial charge in [0.2, 0.25) is 5.91 Å². The smallest absolute Gasteiger partial charge is 0.261 e. The van der Waals surface area contributed by atoms with Crippen LogP contribution in [-0.2, 0) is 22.6 Å². The number of amides is 2. The summed E-state index contributed by atoms with van der Waals surface area (Å²) < 4.78 is 6.67. The lowest BCUT2D eigenvalue weighted by atomic mass is 9.95. The largest absolute Gasteiger partial charge is 0.483 e. The van der Waals surface area contributed by atoms with E-state index in [-0.39, 0.29) is 24.5 Å². The van der Waals surface area contributed by atoms with E-state index in [1.54, 1.807) is 11.8 Å². The van der Waals surface area contributed by atoms with E-state index >= 15 is 0 Å². The first kappa shape index (κ1) is 25.3. The molecule has 33 heavy (non-hydrogen) atoms. The van der Waals surface area contributed by atoms with Crippen LogP contribution in [-0.4, -0.2) is 35.4 Å². The highest BCUT2D eigenvalue weighted by Crippen LogP contribution is 2.26. The van der Waals surface area contributed by atoms with Crippen LogP contribution >= 0.6 is 15.9 Å². The van der Waals surface area contributed by atoms with Crippen molar-refractivity contribution in [1.29, 1.82) is 0 Å². The molecule has 6 heteroatoms. The first-order chi connectivity index (χ1) is 15.9. The van der Waals surface area contributed by atoms with Gasteiger partial charge in [-0.15, -0.1) is 0 Å². The van der Waals surface area contributed by atoms with Crippen LogP contribution in [0.15, 0.2) is 46.9 Å². The first-order valence-corrected chi connectivity index (χ1v) is 12.7. The Hall–Kier alpha value is -2.34. The maximum absolute atomic E-state index is 13.3. The van der Waals surface area contributed by atoms with Gasteiger partial charge in [0.25, 0.3) is 5.91 Å². The van der Waals surface area contributed by atoms with Gasteiger partial charge in [-0.25, -0.2) is 0 Å². The fourth-order valence-corrected chi connectivity index (χ4v) is 4.80. The Labute approximate surface area is 206 Å². The second-order valence-corrected chi connectivity index (χ2v) is 9.79. The highest BCUT2D eigenvalue weighted by Gasteiger charge is 2.28. The molecule has 0 saturated heterocycles. The van der Waals surface area contributed by atoms with Gasteiger partial charge in [0.05, 0.1) is 4.47 Å². The number of benzene rings is 2. The summed E-state index contributed by atoms with van der Waals surface area (Å²) in [6.45, 7) is 6.15. The van der Waals surface area contributed by atoms with Crippen LogP contribution in [0.5, 0.6) is 5.75 Å². The Morgan fingerprint density at radius 3 is 2.55 bits per heavy atom. The predicted molar refractivity (Wildman–Crippen MR) is 135 cm³/mol. The molecule has 0 unspecified atom stereocenters. The molecule has 1 N–H and O–H groups in total. The Morgan fingerprint density at radius 2 is 1.88 bits per heavy atom. The maximum Gasteiger partial charge on any atom is 0.261 e. The van der Waals surface area contributed by atoms with Crippen molar-refractivity contribution in [3.05, 3.63) is 63.6 Å². The summed E-state index contributed by atoms with van der Waals surface area (Å²) in [4.78, 5) is 28.0. The maximum atomic E-state index is 13.3. The first-order valence-electron chi connectivity index (χ1n) is 11.9. The summed E-state index contributed by atoms with van der Waals surface area (Å²) in [5.74, 6) is 0.306. The minimum Gasteiger partial charge on any atom is -0.483 e. The fourth-order valence-electron chi connectivity index (χ4n) is 4.26. The average molecular weight is 515 g/mol. The molecule has 0 bridgehead atoms. The van der Waals surface area contributed by atoms with Crippen molar-refractivity contribution in [2.75, 3.05) is 6.61 Å². The summed E-state index contributed by atoms with van der Waals surface area (Å²) in [6, 6.07) is 13.5. The van der Waals surface area contributed by atoms with Crippen LogP contribution in [0.1, 0.15) is 62.6 Å². The highest BCUT2D eigenvalue weighted by atomic mass is 79.9. The molecule has 178 valence electrons. The van der Waals surface area contributed by atoms with E-state index in [0.29, 0.717) is 12.3 Å². The minimum atomic E-state index is -0.588. The van der Waals surface area contributed by atoms with Gasteiger partial charge in [0.15, 0.2) is 6.61 Å². The van der Waals surface area contributed by atoms with Crippen molar-refractivity contribution in [2.24, 2.45) is 0 Å². The second kappa shape index (κ2) is 12.2. The Bertz CT molecular complexity index is 956. The van der Waals surface area contributed by atoms with Crippen LogP contribution in [0.4, 0.5) is 0 Å². The lowest BCUT2D eigenvalue weighted by molar-refractivity contribution is -0.142. The normalized spacial score (nSPS) is 15.0. The van der Waals surface area contributed by atoms with Crippen LogP contribution in [0.3, 0.4) is 0 Å². The number of carbonyl (C=O) groups is 2. The lowest BCUT2D eigenvalue weighted by Crippen LogP contribution is -2.51. The van der Waals surface area contributed by atoms with Crippen LogP contribution in [0.2, 0.25) is 0 Å². The molecule has 2 aromatic rings. The molecule has 0 aromatic heterocycles. The summed E-state index contributed by atoms with van der Waals surface area (Å²) in [5, 5.41) is 3.17. The van der Waals surface area contributed by atoms with Gasteiger partial charge in [0.1, 0.15) is 11.8 Å². The lowest BCUT2D eigenvalue weighted by Gasteiger charge is -2.31.